The Labute approximate surface area is 143 Å². The maximum Gasteiger partial charge on any atom is 0.416 e. The van der Waals surface area contributed by atoms with E-state index in [-0.39, 0.29) is 6.04 Å². The molecule has 3 N–H and O–H groups in total. The Morgan fingerprint density at radius 2 is 1.79 bits per heavy atom. The zero-order chi connectivity index (χ0) is 17.6. The van der Waals surface area contributed by atoms with Gasteiger partial charge < -0.3 is 10.7 Å². The van der Waals surface area contributed by atoms with Crippen molar-refractivity contribution in [2.24, 2.45) is 0 Å². The van der Waals surface area contributed by atoms with Crippen LogP contribution in [0.15, 0.2) is 53.4 Å². The molecule has 0 aliphatic heterocycles. The number of benzene rings is 2. The quantitative estimate of drug-likeness (QED) is 0.495. The molecule has 0 radical (unpaired) electrons. The van der Waals surface area contributed by atoms with Crippen LogP contribution in [0.2, 0.25) is 0 Å². The molecule has 128 valence electrons. The molecule has 1 unspecified atom stereocenters. The number of hydrogen-bond donors (Lipinski definition) is 3. The summed E-state index contributed by atoms with van der Waals surface area (Å²) in [5.74, 6) is 0. The number of rotatable bonds is 7. The molecule has 0 heterocycles. The van der Waals surface area contributed by atoms with Gasteiger partial charge in [-0.2, -0.15) is 13.2 Å². The van der Waals surface area contributed by atoms with Gasteiger partial charge in [0.25, 0.3) is 0 Å². The number of nitrogens with one attached hydrogen (secondary N) is 3. The molecule has 0 bridgehead atoms. The Hall–Kier alpha value is -1.99. The van der Waals surface area contributed by atoms with Crippen molar-refractivity contribution in [1.82, 2.24) is 4.72 Å². The zero-order valence-electron chi connectivity index (χ0n) is 13.0. The summed E-state index contributed by atoms with van der Waals surface area (Å²) in [6, 6.07) is 12.7. The number of para-hydroxylation sites is 1. The first-order chi connectivity index (χ1) is 11.4. The Kier molecular flexibility index (Phi) is 6.28. The normalized spacial score (nSPS) is 12.7. The topological polar surface area (TPSA) is 47.9 Å². The van der Waals surface area contributed by atoms with Crippen LogP contribution in [0.4, 0.5) is 18.9 Å². The number of hydrogen-bond acceptors (Lipinski definition) is 4. The van der Waals surface area contributed by atoms with Crippen LogP contribution in [0.25, 0.3) is 0 Å². The molecule has 2 rings (SSSR count). The number of alkyl halides is 3. The van der Waals surface area contributed by atoms with Crippen LogP contribution in [0.5, 0.6) is 0 Å². The first-order valence-corrected chi connectivity index (χ1v) is 8.15. The zero-order valence-corrected chi connectivity index (χ0v) is 13.8. The highest BCUT2D eigenvalue weighted by Gasteiger charge is 2.29. The molecule has 1 atom stereocenters. The predicted molar refractivity (Wildman–Crippen MR) is 92.7 cm³/mol. The van der Waals surface area contributed by atoms with Crippen molar-refractivity contribution in [3.63, 3.8) is 0 Å². The first-order valence-electron chi connectivity index (χ1n) is 7.33. The minimum atomic E-state index is -4.31. The van der Waals surface area contributed by atoms with Gasteiger partial charge in [-0.3, -0.25) is 4.72 Å². The first kappa shape index (κ1) is 18.4. The number of halogens is 3. The van der Waals surface area contributed by atoms with Gasteiger partial charge in [-0.25, -0.2) is 0 Å². The summed E-state index contributed by atoms with van der Waals surface area (Å²) >= 11 is 1.29. The second-order valence-corrected chi connectivity index (χ2v) is 6.21. The van der Waals surface area contributed by atoms with Crippen molar-refractivity contribution in [3.05, 3.63) is 59.7 Å². The predicted octanol–water partition coefficient (Wildman–Crippen LogP) is 4.80. The summed E-state index contributed by atoms with van der Waals surface area (Å²) in [4.78, 5) is 0.718. The molecular formula is C17H18F3N3S. The lowest BCUT2D eigenvalue weighted by atomic mass is 10.2. The maximum atomic E-state index is 12.5. The second kappa shape index (κ2) is 8.21. The Morgan fingerprint density at radius 1 is 1.12 bits per heavy atom. The van der Waals surface area contributed by atoms with Gasteiger partial charge in [-0.05, 0) is 49.2 Å². The molecule has 7 heteroatoms. The third-order valence-corrected chi connectivity index (χ3v) is 4.10. The summed E-state index contributed by atoms with van der Waals surface area (Å²) in [6.45, 7) is 2.60. The fraction of sp³-hybridized carbons (Fsp3) is 0.235. The lowest BCUT2D eigenvalue weighted by molar-refractivity contribution is -0.137. The molecule has 0 saturated heterocycles. The van der Waals surface area contributed by atoms with E-state index in [1.165, 1.54) is 30.3 Å². The van der Waals surface area contributed by atoms with Gasteiger partial charge in [0.2, 0.25) is 0 Å². The standard InChI is InChI=1S/C17H18F3N3S/c1-12(23-16-5-3-2-4-13(16)10-21)11-22-24-15-8-6-14(7-9-15)17(18,19)20/h2-10,12,21-23H,11H2,1H3. The SMILES string of the molecule is CC(CNSc1ccc(C(F)(F)F)cc1)Nc1ccccc1C=N. The molecule has 2 aromatic rings. The summed E-state index contributed by atoms with van der Waals surface area (Å²) in [5.41, 5.74) is 1.03. The average Bonchev–Trinajstić information content (AvgIpc) is 2.55. The molecule has 0 spiro atoms. The van der Waals surface area contributed by atoms with Crippen molar-refractivity contribution in [3.8, 4) is 0 Å². The molecule has 3 nitrogen and oxygen atoms in total. The van der Waals surface area contributed by atoms with E-state index in [0.717, 1.165) is 28.3 Å². The van der Waals surface area contributed by atoms with Gasteiger partial charge in [0, 0.05) is 34.9 Å². The van der Waals surface area contributed by atoms with Crippen LogP contribution in [-0.4, -0.2) is 18.8 Å². The van der Waals surface area contributed by atoms with E-state index in [0.29, 0.717) is 6.54 Å². The van der Waals surface area contributed by atoms with Gasteiger partial charge in [0.05, 0.1) is 5.56 Å². The van der Waals surface area contributed by atoms with Crippen molar-refractivity contribution in [1.29, 1.82) is 5.41 Å². The van der Waals surface area contributed by atoms with E-state index in [4.69, 9.17) is 5.41 Å². The van der Waals surface area contributed by atoms with Crippen molar-refractivity contribution in [2.45, 2.75) is 24.0 Å². The van der Waals surface area contributed by atoms with Crippen LogP contribution >= 0.6 is 11.9 Å². The third-order valence-electron chi connectivity index (χ3n) is 3.28. The molecule has 0 amide bonds. The van der Waals surface area contributed by atoms with Crippen LogP contribution in [-0.2, 0) is 6.18 Å². The van der Waals surface area contributed by atoms with E-state index in [2.05, 4.69) is 10.0 Å². The average molecular weight is 353 g/mol. The lowest BCUT2D eigenvalue weighted by Gasteiger charge is -2.17. The van der Waals surface area contributed by atoms with E-state index in [1.807, 2.05) is 31.2 Å². The second-order valence-electron chi connectivity index (χ2n) is 5.25. The van der Waals surface area contributed by atoms with Gasteiger partial charge >= 0.3 is 6.18 Å². The van der Waals surface area contributed by atoms with Gasteiger partial charge in [-0.15, -0.1) is 0 Å². The van der Waals surface area contributed by atoms with E-state index < -0.39 is 11.7 Å². The third kappa shape index (κ3) is 5.28. The molecular weight excluding hydrogens is 335 g/mol. The van der Waals surface area contributed by atoms with Crippen LogP contribution in [0.1, 0.15) is 18.1 Å². The highest BCUT2D eigenvalue weighted by atomic mass is 32.2. The van der Waals surface area contributed by atoms with Crippen molar-refractivity contribution < 1.29 is 13.2 Å². The molecule has 0 aliphatic carbocycles. The summed E-state index contributed by atoms with van der Waals surface area (Å²) in [6.07, 6.45) is -3.02. The minimum absolute atomic E-state index is 0.0908. The van der Waals surface area contributed by atoms with E-state index in [9.17, 15) is 13.2 Å². The van der Waals surface area contributed by atoms with E-state index in [1.54, 1.807) is 0 Å². The van der Waals surface area contributed by atoms with Gasteiger partial charge in [-0.1, -0.05) is 18.2 Å². The molecule has 0 fully saturated rings. The summed E-state index contributed by atoms with van der Waals surface area (Å²) < 4.78 is 40.6. The largest absolute Gasteiger partial charge is 0.416 e. The smallest absolute Gasteiger partial charge is 0.381 e. The molecule has 0 saturated carbocycles. The lowest BCUT2D eigenvalue weighted by Crippen LogP contribution is -2.27. The molecule has 24 heavy (non-hydrogen) atoms. The maximum absolute atomic E-state index is 12.5. The fourth-order valence-electron chi connectivity index (χ4n) is 2.03. The monoisotopic (exact) mass is 353 g/mol. The Balaban J connectivity index is 1.82. The highest BCUT2D eigenvalue weighted by Crippen LogP contribution is 2.30. The van der Waals surface area contributed by atoms with Gasteiger partial charge in [0.15, 0.2) is 0 Å². The molecule has 0 aliphatic rings. The van der Waals surface area contributed by atoms with Crippen LogP contribution in [0.3, 0.4) is 0 Å². The Bertz CT molecular complexity index is 672. The van der Waals surface area contributed by atoms with Crippen molar-refractivity contribution in [2.75, 3.05) is 11.9 Å². The summed E-state index contributed by atoms with van der Waals surface area (Å²) in [7, 11) is 0. The molecule has 0 aromatic heterocycles. The minimum Gasteiger partial charge on any atom is -0.381 e. The number of anilines is 1. The Morgan fingerprint density at radius 3 is 2.42 bits per heavy atom. The molecule has 2 aromatic carbocycles. The van der Waals surface area contributed by atoms with Gasteiger partial charge in [0.1, 0.15) is 0 Å². The highest BCUT2D eigenvalue weighted by molar-refractivity contribution is 7.97. The van der Waals surface area contributed by atoms with Crippen molar-refractivity contribution >= 4 is 23.8 Å². The van der Waals surface area contributed by atoms with E-state index >= 15 is 0 Å². The fourth-order valence-corrected chi connectivity index (χ4v) is 2.80. The summed E-state index contributed by atoms with van der Waals surface area (Å²) in [5, 5.41) is 10.7. The van der Waals surface area contributed by atoms with Crippen LogP contribution in [0, 0.1) is 5.41 Å². The van der Waals surface area contributed by atoms with Crippen LogP contribution < -0.4 is 10.0 Å².